The second-order valence-corrected chi connectivity index (χ2v) is 4.30. The molecule has 3 N–H and O–H groups in total. The first kappa shape index (κ1) is 13.8. The summed E-state index contributed by atoms with van der Waals surface area (Å²) in [4.78, 5) is 27.8. The molecule has 20 heavy (non-hydrogen) atoms. The number of anilines is 2. The molecule has 0 saturated carbocycles. The maximum atomic E-state index is 11.9. The quantitative estimate of drug-likeness (QED) is 0.869. The van der Waals surface area contributed by atoms with Crippen molar-refractivity contribution in [3.8, 4) is 0 Å². The van der Waals surface area contributed by atoms with Crippen molar-refractivity contribution in [2.45, 2.75) is 19.9 Å². The van der Waals surface area contributed by atoms with E-state index in [1.165, 1.54) is 6.07 Å². The van der Waals surface area contributed by atoms with Gasteiger partial charge < -0.3 is 11.1 Å². The Morgan fingerprint density at radius 3 is 2.65 bits per heavy atom. The van der Waals surface area contributed by atoms with E-state index in [-0.39, 0.29) is 24.0 Å². The molecule has 0 aliphatic heterocycles. The van der Waals surface area contributed by atoms with E-state index in [9.17, 15) is 9.59 Å². The minimum atomic E-state index is -0.323. The van der Waals surface area contributed by atoms with Gasteiger partial charge in [0.05, 0.1) is 0 Å². The van der Waals surface area contributed by atoms with Gasteiger partial charge in [0.25, 0.3) is 5.56 Å². The van der Waals surface area contributed by atoms with Crippen molar-refractivity contribution in [2.24, 2.45) is 0 Å². The maximum absolute atomic E-state index is 11.9. The van der Waals surface area contributed by atoms with Crippen molar-refractivity contribution in [1.29, 1.82) is 0 Å². The van der Waals surface area contributed by atoms with E-state index < -0.39 is 0 Å². The summed E-state index contributed by atoms with van der Waals surface area (Å²) in [6, 6.07) is 10.4. The lowest BCUT2D eigenvalue weighted by Crippen LogP contribution is -2.30. The Morgan fingerprint density at radius 2 is 2.05 bits per heavy atom. The number of carbonyl (C=O) groups excluding carboxylic acids is 1. The second kappa shape index (κ2) is 6.01. The average molecular weight is 272 g/mol. The van der Waals surface area contributed by atoms with Crippen LogP contribution in [0.1, 0.15) is 12.6 Å². The Labute approximate surface area is 116 Å². The number of nitrogens with two attached hydrogens (primary N) is 1. The van der Waals surface area contributed by atoms with E-state index in [4.69, 9.17) is 5.73 Å². The molecule has 0 aliphatic rings. The number of rotatable bonds is 4. The molecule has 1 heterocycles. The van der Waals surface area contributed by atoms with Gasteiger partial charge in [-0.05, 0) is 18.6 Å². The number of aryl methyl sites for hydroxylation is 1. The standard InChI is InChI=1S/C14H16N4O2/c1-2-10-8-13(20)18(14(15)17-10)9-12(19)16-11-6-4-3-5-7-11/h3-8H,2,9H2,1H3,(H2,15,17)(H,16,19). The Bertz CT molecular complexity index is 665. The van der Waals surface area contributed by atoms with Crippen LogP contribution in [0, 0.1) is 0 Å². The van der Waals surface area contributed by atoms with Crippen LogP contribution in [-0.4, -0.2) is 15.5 Å². The number of nitrogens with one attached hydrogen (secondary N) is 1. The molecular weight excluding hydrogens is 256 g/mol. The number of amides is 1. The summed E-state index contributed by atoms with van der Waals surface area (Å²) in [5.41, 5.74) is 6.68. The summed E-state index contributed by atoms with van der Waals surface area (Å²) in [7, 11) is 0. The number of nitrogen functional groups attached to an aromatic ring is 1. The fourth-order valence-corrected chi connectivity index (χ4v) is 1.78. The predicted molar refractivity (Wildman–Crippen MR) is 77.4 cm³/mol. The van der Waals surface area contributed by atoms with E-state index in [2.05, 4.69) is 10.3 Å². The lowest BCUT2D eigenvalue weighted by Gasteiger charge is -2.10. The van der Waals surface area contributed by atoms with Gasteiger partial charge in [0.2, 0.25) is 11.9 Å². The number of benzene rings is 1. The molecule has 0 fully saturated rings. The Morgan fingerprint density at radius 1 is 1.35 bits per heavy atom. The molecule has 104 valence electrons. The van der Waals surface area contributed by atoms with Gasteiger partial charge in [-0.3, -0.25) is 14.2 Å². The SMILES string of the molecule is CCc1cc(=O)n(CC(=O)Nc2ccccc2)c(N)n1. The Balaban J connectivity index is 2.14. The summed E-state index contributed by atoms with van der Waals surface area (Å²) < 4.78 is 1.15. The fourth-order valence-electron chi connectivity index (χ4n) is 1.78. The summed E-state index contributed by atoms with van der Waals surface area (Å²) in [5.74, 6) is -0.270. The molecule has 0 atom stereocenters. The number of hydrogen-bond donors (Lipinski definition) is 2. The van der Waals surface area contributed by atoms with Crippen LogP contribution in [-0.2, 0) is 17.8 Å². The molecular formula is C14H16N4O2. The summed E-state index contributed by atoms with van der Waals surface area (Å²) in [5, 5.41) is 2.69. The fraction of sp³-hybridized carbons (Fsp3) is 0.214. The van der Waals surface area contributed by atoms with Crippen molar-refractivity contribution in [3.05, 3.63) is 52.4 Å². The van der Waals surface area contributed by atoms with E-state index in [0.717, 1.165) is 4.57 Å². The van der Waals surface area contributed by atoms with Crippen molar-refractivity contribution < 1.29 is 4.79 Å². The number of para-hydroxylation sites is 1. The molecule has 0 aliphatic carbocycles. The molecule has 0 saturated heterocycles. The van der Waals surface area contributed by atoms with Crippen LogP contribution in [0.2, 0.25) is 0 Å². The van der Waals surface area contributed by atoms with Gasteiger partial charge >= 0.3 is 0 Å². The third kappa shape index (κ3) is 3.23. The first-order valence-electron chi connectivity index (χ1n) is 6.31. The molecule has 6 heteroatoms. The van der Waals surface area contributed by atoms with Crippen molar-refractivity contribution in [1.82, 2.24) is 9.55 Å². The largest absolute Gasteiger partial charge is 0.369 e. The lowest BCUT2D eigenvalue weighted by molar-refractivity contribution is -0.116. The molecule has 2 aromatic rings. The minimum absolute atomic E-state index is 0.0533. The zero-order valence-electron chi connectivity index (χ0n) is 11.2. The van der Waals surface area contributed by atoms with E-state index in [1.807, 2.05) is 25.1 Å². The molecule has 1 aromatic heterocycles. The van der Waals surface area contributed by atoms with Crippen molar-refractivity contribution in [3.63, 3.8) is 0 Å². The van der Waals surface area contributed by atoms with Crippen LogP contribution >= 0.6 is 0 Å². The Hall–Kier alpha value is -2.63. The lowest BCUT2D eigenvalue weighted by atomic mass is 10.3. The summed E-state index contributed by atoms with van der Waals surface area (Å²) in [6.07, 6.45) is 0.622. The topological polar surface area (TPSA) is 90.0 Å². The monoisotopic (exact) mass is 272 g/mol. The van der Waals surface area contributed by atoms with Crippen LogP contribution < -0.4 is 16.6 Å². The molecule has 0 spiro atoms. The third-order valence-electron chi connectivity index (χ3n) is 2.81. The highest BCUT2D eigenvalue weighted by molar-refractivity contribution is 5.90. The molecule has 0 unspecified atom stereocenters. The molecule has 0 radical (unpaired) electrons. The molecule has 6 nitrogen and oxygen atoms in total. The first-order chi connectivity index (χ1) is 9.60. The predicted octanol–water partition coefficient (Wildman–Crippen LogP) is 1.03. The summed E-state index contributed by atoms with van der Waals surface area (Å²) in [6.45, 7) is 1.73. The third-order valence-corrected chi connectivity index (χ3v) is 2.81. The zero-order chi connectivity index (χ0) is 14.5. The van der Waals surface area contributed by atoms with Gasteiger partial charge in [-0.1, -0.05) is 25.1 Å². The normalized spacial score (nSPS) is 10.2. The number of hydrogen-bond acceptors (Lipinski definition) is 4. The summed E-state index contributed by atoms with van der Waals surface area (Å²) >= 11 is 0. The van der Waals surface area contributed by atoms with Crippen LogP contribution in [0.4, 0.5) is 11.6 Å². The highest BCUT2D eigenvalue weighted by Crippen LogP contribution is 2.05. The van der Waals surface area contributed by atoms with E-state index in [0.29, 0.717) is 17.8 Å². The van der Waals surface area contributed by atoms with E-state index >= 15 is 0 Å². The zero-order valence-corrected chi connectivity index (χ0v) is 11.2. The van der Waals surface area contributed by atoms with Gasteiger partial charge in [-0.2, -0.15) is 0 Å². The molecule has 1 amide bonds. The van der Waals surface area contributed by atoms with Gasteiger partial charge in [0.15, 0.2) is 0 Å². The second-order valence-electron chi connectivity index (χ2n) is 4.30. The van der Waals surface area contributed by atoms with Gasteiger partial charge in [0, 0.05) is 17.4 Å². The maximum Gasteiger partial charge on any atom is 0.255 e. The van der Waals surface area contributed by atoms with Crippen LogP contribution in [0.3, 0.4) is 0 Å². The van der Waals surface area contributed by atoms with Crippen LogP contribution in [0.5, 0.6) is 0 Å². The van der Waals surface area contributed by atoms with Crippen molar-refractivity contribution >= 4 is 17.5 Å². The van der Waals surface area contributed by atoms with E-state index in [1.54, 1.807) is 12.1 Å². The molecule has 2 rings (SSSR count). The molecule has 1 aromatic carbocycles. The van der Waals surface area contributed by atoms with Gasteiger partial charge in [0.1, 0.15) is 6.54 Å². The Kier molecular flexibility index (Phi) is 4.14. The number of nitrogens with zero attached hydrogens (tertiary/aromatic N) is 2. The van der Waals surface area contributed by atoms with Gasteiger partial charge in [-0.25, -0.2) is 4.98 Å². The van der Waals surface area contributed by atoms with Gasteiger partial charge in [-0.15, -0.1) is 0 Å². The highest BCUT2D eigenvalue weighted by Gasteiger charge is 2.09. The highest BCUT2D eigenvalue weighted by atomic mass is 16.2. The average Bonchev–Trinajstić information content (AvgIpc) is 2.43. The number of aromatic nitrogens is 2. The van der Waals surface area contributed by atoms with Crippen LogP contribution in [0.25, 0.3) is 0 Å². The minimum Gasteiger partial charge on any atom is -0.369 e. The smallest absolute Gasteiger partial charge is 0.255 e. The van der Waals surface area contributed by atoms with Crippen molar-refractivity contribution in [2.75, 3.05) is 11.1 Å². The first-order valence-corrected chi connectivity index (χ1v) is 6.31. The number of carbonyl (C=O) groups is 1. The molecule has 0 bridgehead atoms. The van der Waals surface area contributed by atoms with Crippen LogP contribution in [0.15, 0.2) is 41.2 Å².